The van der Waals surface area contributed by atoms with Gasteiger partial charge in [0, 0.05) is 37.2 Å². The molecule has 1 saturated carbocycles. The molecule has 1 aliphatic heterocycles. The van der Waals surface area contributed by atoms with E-state index in [2.05, 4.69) is 15.3 Å². The zero-order valence-electron chi connectivity index (χ0n) is 15.6. The second-order valence-electron chi connectivity index (χ2n) is 8.15. The maximum absolute atomic E-state index is 12.3. The van der Waals surface area contributed by atoms with Gasteiger partial charge in [-0.25, -0.2) is 4.68 Å². The zero-order valence-corrected chi connectivity index (χ0v) is 15.6. The fourth-order valence-corrected chi connectivity index (χ4v) is 3.10. The number of carbonyl (C=O) groups is 1. The van der Waals surface area contributed by atoms with Crippen LogP contribution in [0.25, 0.3) is 0 Å². The van der Waals surface area contributed by atoms with Crippen molar-refractivity contribution in [3.63, 3.8) is 0 Å². The van der Waals surface area contributed by atoms with E-state index in [4.69, 9.17) is 0 Å². The monoisotopic (exact) mass is 346 g/mol. The molecule has 0 radical (unpaired) electrons. The van der Waals surface area contributed by atoms with Gasteiger partial charge in [-0.2, -0.15) is 5.10 Å². The van der Waals surface area contributed by atoms with Crippen molar-refractivity contribution in [3.8, 4) is 0 Å². The van der Waals surface area contributed by atoms with E-state index in [1.165, 1.54) is 12.8 Å². The molecule has 6 heteroatoms. The third-order valence-electron chi connectivity index (χ3n) is 5.68. The number of anilines is 1. The van der Waals surface area contributed by atoms with Crippen LogP contribution in [0, 0.1) is 11.3 Å². The molecule has 0 unspecified atom stereocenters. The van der Waals surface area contributed by atoms with E-state index in [0.717, 1.165) is 44.6 Å². The number of hydrogen-bond donors (Lipinski definition) is 1. The van der Waals surface area contributed by atoms with Crippen LogP contribution in [0.1, 0.15) is 52.9 Å². The Bertz CT molecular complexity index is 670. The number of carbonyl (C=O) groups excluding carboxylic acids is 1. The maximum Gasteiger partial charge on any atom is 0.268 e. The lowest BCUT2D eigenvalue weighted by Crippen LogP contribution is -2.48. The fraction of sp³-hybridized carbons (Fsp3) is 0.737. The van der Waals surface area contributed by atoms with Crippen LogP contribution in [0.5, 0.6) is 0 Å². The highest BCUT2D eigenvalue weighted by Gasteiger charge is 2.29. The summed E-state index contributed by atoms with van der Waals surface area (Å²) in [5.41, 5.74) is 0.577. The molecule has 1 aromatic heterocycles. The predicted octanol–water partition coefficient (Wildman–Crippen LogP) is 2.17. The van der Waals surface area contributed by atoms with Crippen LogP contribution in [0.4, 0.5) is 5.69 Å². The standard InChI is InChI=1S/C19H30N4O2/c1-4-19(2,3)18(25)21-15-7-9-22(10-8-15)16-11-17(24)23(20-12-16)13-14-5-6-14/h11-12,14-15H,4-10,13H2,1-3H3,(H,21,25). The molecule has 0 atom stereocenters. The summed E-state index contributed by atoms with van der Waals surface area (Å²) >= 11 is 0. The van der Waals surface area contributed by atoms with E-state index in [9.17, 15) is 9.59 Å². The Balaban J connectivity index is 1.54. The number of piperidine rings is 1. The summed E-state index contributed by atoms with van der Waals surface area (Å²) in [6, 6.07) is 1.92. The van der Waals surface area contributed by atoms with E-state index in [1.54, 1.807) is 10.7 Å². The van der Waals surface area contributed by atoms with Crippen molar-refractivity contribution in [2.24, 2.45) is 11.3 Å². The fourth-order valence-electron chi connectivity index (χ4n) is 3.10. The van der Waals surface area contributed by atoms with Crippen molar-refractivity contribution < 1.29 is 4.79 Å². The number of aromatic nitrogens is 2. The van der Waals surface area contributed by atoms with Crippen molar-refractivity contribution >= 4 is 11.6 Å². The molecule has 0 bridgehead atoms. The van der Waals surface area contributed by atoms with Crippen LogP contribution in [0.15, 0.2) is 17.1 Å². The molecule has 2 fully saturated rings. The Morgan fingerprint density at radius 2 is 1.96 bits per heavy atom. The summed E-state index contributed by atoms with van der Waals surface area (Å²) in [6.45, 7) is 8.44. The normalized spacial score (nSPS) is 19.1. The van der Waals surface area contributed by atoms with Gasteiger partial charge in [-0.15, -0.1) is 0 Å². The van der Waals surface area contributed by atoms with Crippen molar-refractivity contribution in [2.45, 2.75) is 65.5 Å². The third-order valence-corrected chi connectivity index (χ3v) is 5.68. The minimum atomic E-state index is -0.312. The Kier molecular flexibility index (Phi) is 5.16. The van der Waals surface area contributed by atoms with Gasteiger partial charge in [-0.1, -0.05) is 20.8 Å². The Morgan fingerprint density at radius 3 is 2.52 bits per heavy atom. The van der Waals surface area contributed by atoms with Gasteiger partial charge in [-0.3, -0.25) is 9.59 Å². The SMILES string of the molecule is CCC(C)(C)C(=O)NC1CCN(c2cnn(CC3CC3)c(=O)c2)CC1. The van der Waals surface area contributed by atoms with Crippen LogP contribution < -0.4 is 15.8 Å². The Morgan fingerprint density at radius 1 is 1.28 bits per heavy atom. The van der Waals surface area contributed by atoms with Crippen LogP contribution in [0.2, 0.25) is 0 Å². The van der Waals surface area contributed by atoms with Crippen LogP contribution in [0.3, 0.4) is 0 Å². The molecular formula is C19H30N4O2. The highest BCUT2D eigenvalue weighted by Crippen LogP contribution is 2.30. The van der Waals surface area contributed by atoms with E-state index in [-0.39, 0.29) is 22.9 Å². The molecule has 2 aliphatic rings. The van der Waals surface area contributed by atoms with Crippen molar-refractivity contribution in [3.05, 3.63) is 22.6 Å². The van der Waals surface area contributed by atoms with Crippen molar-refractivity contribution in [2.75, 3.05) is 18.0 Å². The smallest absolute Gasteiger partial charge is 0.268 e. The zero-order chi connectivity index (χ0) is 18.0. The second kappa shape index (κ2) is 7.18. The van der Waals surface area contributed by atoms with Gasteiger partial charge in [0.15, 0.2) is 0 Å². The van der Waals surface area contributed by atoms with Crippen LogP contribution >= 0.6 is 0 Å². The summed E-state index contributed by atoms with van der Waals surface area (Å²) < 4.78 is 1.58. The average molecular weight is 346 g/mol. The molecule has 138 valence electrons. The summed E-state index contributed by atoms with van der Waals surface area (Å²) in [4.78, 5) is 26.7. The number of nitrogens with zero attached hydrogens (tertiary/aromatic N) is 3. The molecule has 1 aliphatic carbocycles. The summed E-state index contributed by atoms with van der Waals surface area (Å²) in [5, 5.41) is 7.52. The third kappa shape index (κ3) is 4.41. The maximum atomic E-state index is 12.3. The summed E-state index contributed by atoms with van der Waals surface area (Å²) in [7, 11) is 0. The van der Waals surface area contributed by atoms with E-state index >= 15 is 0 Å². The highest BCUT2D eigenvalue weighted by atomic mass is 16.2. The highest BCUT2D eigenvalue weighted by molar-refractivity contribution is 5.82. The molecule has 1 N–H and O–H groups in total. The predicted molar refractivity (Wildman–Crippen MR) is 98.7 cm³/mol. The molecule has 2 heterocycles. The van der Waals surface area contributed by atoms with Gasteiger partial charge >= 0.3 is 0 Å². The molecule has 3 rings (SSSR count). The number of hydrogen-bond acceptors (Lipinski definition) is 4. The molecular weight excluding hydrogens is 316 g/mol. The molecule has 1 aromatic rings. The first kappa shape index (κ1) is 18.0. The molecule has 1 saturated heterocycles. The summed E-state index contributed by atoms with van der Waals surface area (Å²) in [5.74, 6) is 0.778. The first-order chi connectivity index (χ1) is 11.9. The number of nitrogens with one attached hydrogen (secondary N) is 1. The summed E-state index contributed by atoms with van der Waals surface area (Å²) in [6.07, 6.45) is 6.87. The van der Waals surface area contributed by atoms with Gasteiger partial charge in [-0.05, 0) is 38.0 Å². The van der Waals surface area contributed by atoms with Crippen LogP contribution in [-0.4, -0.2) is 34.8 Å². The molecule has 1 amide bonds. The quantitative estimate of drug-likeness (QED) is 0.857. The lowest BCUT2D eigenvalue weighted by atomic mass is 9.88. The molecule has 0 aromatic carbocycles. The number of rotatable bonds is 6. The van der Waals surface area contributed by atoms with Crippen LogP contribution in [-0.2, 0) is 11.3 Å². The lowest BCUT2D eigenvalue weighted by Gasteiger charge is -2.35. The largest absolute Gasteiger partial charge is 0.370 e. The van der Waals surface area contributed by atoms with E-state index in [0.29, 0.717) is 5.92 Å². The van der Waals surface area contributed by atoms with Gasteiger partial charge in [0.05, 0.1) is 11.9 Å². The topological polar surface area (TPSA) is 67.2 Å². The Hall–Kier alpha value is -1.85. The number of amides is 1. The van der Waals surface area contributed by atoms with Crippen molar-refractivity contribution in [1.82, 2.24) is 15.1 Å². The lowest BCUT2D eigenvalue weighted by molar-refractivity contribution is -0.130. The minimum absolute atomic E-state index is 0.00970. The molecule has 0 spiro atoms. The molecule has 25 heavy (non-hydrogen) atoms. The Labute approximate surface area is 149 Å². The van der Waals surface area contributed by atoms with Gasteiger partial charge in [0.25, 0.3) is 5.56 Å². The first-order valence-electron chi connectivity index (χ1n) is 9.52. The van der Waals surface area contributed by atoms with E-state index < -0.39 is 0 Å². The average Bonchev–Trinajstić information content (AvgIpc) is 3.41. The van der Waals surface area contributed by atoms with Gasteiger partial charge in [0.1, 0.15) is 0 Å². The van der Waals surface area contributed by atoms with Gasteiger partial charge in [0.2, 0.25) is 5.91 Å². The van der Waals surface area contributed by atoms with E-state index in [1.807, 2.05) is 27.0 Å². The first-order valence-corrected chi connectivity index (χ1v) is 9.52. The minimum Gasteiger partial charge on any atom is -0.370 e. The van der Waals surface area contributed by atoms with Gasteiger partial charge < -0.3 is 10.2 Å². The second-order valence-corrected chi connectivity index (χ2v) is 8.15. The van der Waals surface area contributed by atoms with Crippen molar-refractivity contribution in [1.29, 1.82) is 0 Å². The molecule has 6 nitrogen and oxygen atoms in total.